The van der Waals surface area contributed by atoms with Gasteiger partial charge in [0.25, 0.3) is 0 Å². The number of hydrogen-bond acceptors (Lipinski definition) is 3. The number of aromatic nitrogens is 2. The van der Waals surface area contributed by atoms with Crippen molar-refractivity contribution in [2.24, 2.45) is 0 Å². The number of benzene rings is 1. The Morgan fingerprint density at radius 2 is 1.82 bits per heavy atom. The lowest BCUT2D eigenvalue weighted by Crippen LogP contribution is -2.07. The number of nitrogens with one attached hydrogen (secondary N) is 1. The first kappa shape index (κ1) is 14.6. The van der Waals surface area contributed by atoms with Crippen LogP contribution >= 0.6 is 11.6 Å². The molecular weight excluding hydrogens is 315 g/mol. The summed E-state index contributed by atoms with van der Waals surface area (Å²) in [6, 6.07) is 9.23. The summed E-state index contributed by atoms with van der Waals surface area (Å²) >= 11 is 5.91. The number of fused-ring (bicyclic) bond motifs is 1. The Kier molecular flexibility index (Phi) is 3.62. The molecule has 0 saturated heterocycles. The van der Waals surface area contributed by atoms with Crippen molar-refractivity contribution < 1.29 is 13.2 Å². The highest BCUT2D eigenvalue weighted by atomic mass is 35.5. The predicted octanol–water partition coefficient (Wildman–Crippen LogP) is 5.05. The average molecular weight is 324 g/mol. The molecule has 7 heteroatoms. The summed E-state index contributed by atoms with van der Waals surface area (Å²) in [6.45, 7) is 0. The fraction of sp³-hybridized carbons (Fsp3) is 0.0667. The van der Waals surface area contributed by atoms with Crippen LogP contribution in [0.4, 0.5) is 24.5 Å². The third kappa shape index (κ3) is 2.96. The van der Waals surface area contributed by atoms with Gasteiger partial charge in [0, 0.05) is 22.3 Å². The van der Waals surface area contributed by atoms with E-state index >= 15 is 0 Å². The third-order valence-electron chi connectivity index (χ3n) is 3.04. The molecule has 0 amide bonds. The fourth-order valence-corrected chi connectivity index (χ4v) is 2.19. The first-order valence-electron chi connectivity index (χ1n) is 6.28. The second-order valence-corrected chi connectivity index (χ2v) is 5.01. The minimum absolute atomic E-state index is 0.454. The molecule has 0 spiro atoms. The van der Waals surface area contributed by atoms with Crippen LogP contribution in [0.5, 0.6) is 0 Å². The summed E-state index contributed by atoms with van der Waals surface area (Å²) in [6.07, 6.45) is -1.71. The molecule has 0 radical (unpaired) electrons. The Bertz CT molecular complexity index is 816. The van der Waals surface area contributed by atoms with Gasteiger partial charge in [0.15, 0.2) is 0 Å². The zero-order chi connectivity index (χ0) is 15.7. The number of anilines is 2. The molecule has 2 aromatic heterocycles. The quantitative estimate of drug-likeness (QED) is 0.717. The first-order chi connectivity index (χ1) is 10.4. The molecule has 3 rings (SSSR count). The van der Waals surface area contributed by atoms with Gasteiger partial charge in [-0.25, -0.2) is 4.98 Å². The molecule has 1 aromatic carbocycles. The zero-order valence-electron chi connectivity index (χ0n) is 11.0. The molecule has 0 unspecified atom stereocenters. The highest BCUT2D eigenvalue weighted by Gasteiger charge is 2.32. The molecule has 0 aliphatic carbocycles. The summed E-state index contributed by atoms with van der Waals surface area (Å²) in [5.74, 6) is 0. The van der Waals surface area contributed by atoms with Gasteiger partial charge in [-0.3, -0.25) is 4.98 Å². The third-order valence-corrected chi connectivity index (χ3v) is 3.27. The summed E-state index contributed by atoms with van der Waals surface area (Å²) in [7, 11) is 0. The van der Waals surface area contributed by atoms with Crippen LogP contribution in [0.25, 0.3) is 10.9 Å². The highest BCUT2D eigenvalue weighted by Crippen LogP contribution is 2.30. The van der Waals surface area contributed by atoms with Gasteiger partial charge in [-0.2, -0.15) is 13.2 Å². The largest absolute Gasteiger partial charge is 0.433 e. The van der Waals surface area contributed by atoms with Crippen LogP contribution < -0.4 is 5.32 Å². The number of halogens is 4. The molecule has 0 aliphatic rings. The van der Waals surface area contributed by atoms with Crippen LogP contribution in [0.2, 0.25) is 5.02 Å². The maximum Gasteiger partial charge on any atom is 0.433 e. The Morgan fingerprint density at radius 3 is 2.50 bits per heavy atom. The number of pyridine rings is 2. The van der Waals surface area contributed by atoms with Crippen molar-refractivity contribution in [3.05, 3.63) is 59.5 Å². The Labute approximate surface area is 128 Å². The van der Waals surface area contributed by atoms with Gasteiger partial charge >= 0.3 is 6.18 Å². The standard InChI is InChI=1S/C15H9ClF3N3/c16-9-1-3-11-12(5-6-20-13(11)7-9)22-10-2-4-14(21-8-10)15(17,18)19/h1-8H,(H,20,22). The van der Waals surface area contributed by atoms with Crippen molar-refractivity contribution in [1.29, 1.82) is 0 Å². The smallest absolute Gasteiger partial charge is 0.354 e. The molecule has 2 heterocycles. The van der Waals surface area contributed by atoms with Crippen molar-refractivity contribution >= 4 is 33.9 Å². The lowest BCUT2D eigenvalue weighted by Gasteiger charge is -2.10. The number of alkyl halides is 3. The van der Waals surface area contributed by atoms with Crippen LogP contribution in [-0.4, -0.2) is 9.97 Å². The van der Waals surface area contributed by atoms with E-state index in [-0.39, 0.29) is 0 Å². The average Bonchev–Trinajstić information content (AvgIpc) is 2.47. The zero-order valence-corrected chi connectivity index (χ0v) is 11.8. The number of hydrogen-bond donors (Lipinski definition) is 1. The van der Waals surface area contributed by atoms with Crippen molar-refractivity contribution in [3.63, 3.8) is 0 Å². The molecule has 22 heavy (non-hydrogen) atoms. The topological polar surface area (TPSA) is 37.8 Å². The van der Waals surface area contributed by atoms with Crippen LogP contribution in [0.15, 0.2) is 48.8 Å². The normalized spacial score (nSPS) is 11.6. The van der Waals surface area contributed by atoms with Gasteiger partial charge in [0.05, 0.1) is 17.4 Å². The molecule has 3 nitrogen and oxygen atoms in total. The van der Waals surface area contributed by atoms with Crippen LogP contribution in [0.3, 0.4) is 0 Å². The van der Waals surface area contributed by atoms with Gasteiger partial charge in [-0.1, -0.05) is 11.6 Å². The molecule has 0 bridgehead atoms. The first-order valence-corrected chi connectivity index (χ1v) is 6.66. The summed E-state index contributed by atoms with van der Waals surface area (Å²) in [4.78, 5) is 7.62. The molecule has 112 valence electrons. The van der Waals surface area contributed by atoms with Crippen molar-refractivity contribution in [2.75, 3.05) is 5.32 Å². The molecule has 1 N–H and O–H groups in total. The van der Waals surface area contributed by atoms with E-state index in [1.807, 2.05) is 0 Å². The molecule has 0 atom stereocenters. The van der Waals surface area contributed by atoms with Gasteiger partial charge < -0.3 is 5.32 Å². The maximum absolute atomic E-state index is 12.5. The van der Waals surface area contributed by atoms with Crippen molar-refractivity contribution in [1.82, 2.24) is 9.97 Å². The Hall–Kier alpha value is -2.34. The summed E-state index contributed by atoms with van der Waals surface area (Å²) < 4.78 is 37.5. The highest BCUT2D eigenvalue weighted by molar-refractivity contribution is 6.31. The van der Waals surface area contributed by atoms with E-state index in [2.05, 4.69) is 15.3 Å². The van der Waals surface area contributed by atoms with E-state index in [9.17, 15) is 13.2 Å². The van der Waals surface area contributed by atoms with E-state index in [0.717, 1.165) is 17.6 Å². The molecule has 0 saturated carbocycles. The molecular formula is C15H9ClF3N3. The van der Waals surface area contributed by atoms with Gasteiger partial charge in [0.2, 0.25) is 0 Å². The van der Waals surface area contributed by atoms with E-state index in [4.69, 9.17) is 11.6 Å². The fourth-order valence-electron chi connectivity index (χ4n) is 2.02. The lowest BCUT2D eigenvalue weighted by molar-refractivity contribution is -0.141. The Balaban J connectivity index is 1.93. The van der Waals surface area contributed by atoms with E-state index in [1.165, 1.54) is 6.07 Å². The van der Waals surface area contributed by atoms with E-state index in [1.54, 1.807) is 30.5 Å². The van der Waals surface area contributed by atoms with Gasteiger partial charge in [-0.05, 0) is 36.4 Å². The summed E-state index contributed by atoms with van der Waals surface area (Å²) in [5, 5.41) is 4.41. The van der Waals surface area contributed by atoms with Crippen LogP contribution in [0.1, 0.15) is 5.69 Å². The molecule has 0 fully saturated rings. The SMILES string of the molecule is FC(F)(F)c1ccc(Nc2ccnc3cc(Cl)ccc23)cn1. The second-order valence-electron chi connectivity index (χ2n) is 4.57. The number of nitrogens with zero attached hydrogens (tertiary/aromatic N) is 2. The lowest BCUT2D eigenvalue weighted by atomic mass is 10.2. The van der Waals surface area contributed by atoms with Gasteiger partial charge in [-0.15, -0.1) is 0 Å². The van der Waals surface area contributed by atoms with Crippen molar-refractivity contribution in [3.8, 4) is 0 Å². The monoisotopic (exact) mass is 323 g/mol. The van der Waals surface area contributed by atoms with Crippen molar-refractivity contribution in [2.45, 2.75) is 6.18 Å². The second kappa shape index (κ2) is 5.46. The summed E-state index contributed by atoms with van der Waals surface area (Å²) in [5.41, 5.74) is 0.931. The van der Waals surface area contributed by atoms with Crippen LogP contribution in [-0.2, 0) is 6.18 Å². The van der Waals surface area contributed by atoms with E-state index in [0.29, 0.717) is 21.9 Å². The Morgan fingerprint density at radius 1 is 1.00 bits per heavy atom. The molecule has 3 aromatic rings. The minimum atomic E-state index is -4.45. The maximum atomic E-state index is 12.5. The predicted molar refractivity (Wildman–Crippen MR) is 79.3 cm³/mol. The molecule has 0 aliphatic heterocycles. The van der Waals surface area contributed by atoms with Gasteiger partial charge in [0.1, 0.15) is 5.69 Å². The van der Waals surface area contributed by atoms with Crippen LogP contribution in [0, 0.1) is 0 Å². The number of rotatable bonds is 2. The minimum Gasteiger partial charge on any atom is -0.354 e. The van der Waals surface area contributed by atoms with E-state index < -0.39 is 11.9 Å².